The highest BCUT2D eigenvalue weighted by molar-refractivity contribution is 5.62. The van der Waals surface area contributed by atoms with Gasteiger partial charge in [0.1, 0.15) is 0 Å². The lowest BCUT2D eigenvalue weighted by molar-refractivity contribution is 1.20. The molecule has 0 spiro atoms. The summed E-state index contributed by atoms with van der Waals surface area (Å²) >= 11 is 0. The van der Waals surface area contributed by atoms with Crippen molar-refractivity contribution in [3.05, 3.63) is 45.9 Å². The van der Waals surface area contributed by atoms with Crippen LogP contribution >= 0.6 is 0 Å². The van der Waals surface area contributed by atoms with Gasteiger partial charge in [-0.3, -0.25) is 4.79 Å². The molecule has 2 heteroatoms. The molecule has 0 atom stereocenters. The van der Waals surface area contributed by atoms with Crippen LogP contribution in [-0.4, -0.2) is 4.98 Å². The Morgan fingerprint density at radius 3 is 2.69 bits per heavy atom. The van der Waals surface area contributed by atoms with Crippen molar-refractivity contribution in [3.63, 3.8) is 0 Å². The molecule has 2 nitrogen and oxygen atoms in total. The molecule has 0 aliphatic heterocycles. The molecular formula is C11H13NO. The quantitative estimate of drug-likeness (QED) is 0.735. The lowest BCUT2D eigenvalue weighted by Crippen LogP contribution is -2.05. The summed E-state index contributed by atoms with van der Waals surface area (Å²) in [6.07, 6.45) is 3.66. The third-order valence-corrected chi connectivity index (χ3v) is 1.64. The van der Waals surface area contributed by atoms with Crippen molar-refractivity contribution in [2.75, 3.05) is 0 Å². The van der Waals surface area contributed by atoms with Crippen LogP contribution in [0.1, 0.15) is 25.1 Å². The van der Waals surface area contributed by atoms with Crippen molar-refractivity contribution in [1.82, 2.24) is 4.98 Å². The number of H-pyrrole nitrogens is 1. The summed E-state index contributed by atoms with van der Waals surface area (Å²) in [5.74, 6) is 0. The van der Waals surface area contributed by atoms with E-state index in [0.717, 1.165) is 16.8 Å². The Labute approximate surface area is 77.6 Å². The molecule has 0 unspecified atom stereocenters. The Morgan fingerprint density at radius 2 is 2.15 bits per heavy atom. The molecule has 1 N–H and O–H groups in total. The fraction of sp³-hybridized carbons (Fsp3) is 0.182. The van der Waals surface area contributed by atoms with Gasteiger partial charge in [0, 0.05) is 11.8 Å². The second-order valence-electron chi connectivity index (χ2n) is 3.12. The molecule has 0 aliphatic carbocycles. The van der Waals surface area contributed by atoms with Gasteiger partial charge in [-0.15, -0.1) is 0 Å². The van der Waals surface area contributed by atoms with Gasteiger partial charge in [-0.1, -0.05) is 18.2 Å². The van der Waals surface area contributed by atoms with Crippen LogP contribution in [0, 0.1) is 0 Å². The van der Waals surface area contributed by atoms with Gasteiger partial charge >= 0.3 is 0 Å². The normalized spacial score (nSPS) is 9.38. The van der Waals surface area contributed by atoms with E-state index in [2.05, 4.69) is 11.6 Å². The fourth-order valence-corrected chi connectivity index (χ4v) is 1.09. The number of hydrogen-bond donors (Lipinski definition) is 1. The van der Waals surface area contributed by atoms with Crippen LogP contribution in [0.25, 0.3) is 12.2 Å². The van der Waals surface area contributed by atoms with E-state index in [4.69, 9.17) is 0 Å². The minimum absolute atomic E-state index is 0.0851. The van der Waals surface area contributed by atoms with Crippen LogP contribution < -0.4 is 5.56 Å². The Kier molecular flexibility index (Phi) is 2.85. The van der Waals surface area contributed by atoms with E-state index in [-0.39, 0.29) is 5.56 Å². The van der Waals surface area contributed by atoms with Crippen molar-refractivity contribution >= 4 is 12.2 Å². The van der Waals surface area contributed by atoms with Crippen LogP contribution in [0.3, 0.4) is 0 Å². The zero-order valence-corrected chi connectivity index (χ0v) is 7.92. The SMILES string of the molecule is C=Cc1ccc(=O)[nH]c1C=C(C)C. The summed E-state index contributed by atoms with van der Waals surface area (Å²) in [6.45, 7) is 7.65. The van der Waals surface area contributed by atoms with E-state index >= 15 is 0 Å². The molecular weight excluding hydrogens is 162 g/mol. The summed E-state index contributed by atoms with van der Waals surface area (Å²) < 4.78 is 0. The van der Waals surface area contributed by atoms with Gasteiger partial charge in [0.2, 0.25) is 5.56 Å². The number of nitrogens with one attached hydrogen (secondary N) is 1. The van der Waals surface area contributed by atoms with Gasteiger partial charge in [0.25, 0.3) is 0 Å². The summed E-state index contributed by atoms with van der Waals surface area (Å²) in [4.78, 5) is 13.8. The van der Waals surface area contributed by atoms with Gasteiger partial charge in [-0.05, 0) is 31.6 Å². The second kappa shape index (κ2) is 3.90. The molecule has 1 aromatic rings. The molecule has 68 valence electrons. The maximum atomic E-state index is 11.0. The molecule has 0 saturated carbocycles. The van der Waals surface area contributed by atoms with Gasteiger partial charge in [-0.2, -0.15) is 0 Å². The first-order chi connectivity index (χ1) is 6.13. The van der Waals surface area contributed by atoms with Crippen molar-refractivity contribution in [3.8, 4) is 0 Å². The largest absolute Gasteiger partial charge is 0.322 e. The standard InChI is InChI=1S/C11H13NO/c1-4-9-5-6-11(13)12-10(9)7-8(2)3/h4-7H,1H2,2-3H3,(H,12,13). The predicted molar refractivity (Wildman–Crippen MR) is 56.5 cm³/mol. The van der Waals surface area contributed by atoms with Crippen LogP contribution in [-0.2, 0) is 0 Å². The molecule has 0 bridgehead atoms. The minimum atomic E-state index is -0.0851. The molecule has 1 rings (SSSR count). The third kappa shape index (κ3) is 2.44. The predicted octanol–water partition coefficient (Wildman–Crippen LogP) is 2.44. The van der Waals surface area contributed by atoms with Crippen molar-refractivity contribution < 1.29 is 0 Å². The molecule has 0 radical (unpaired) electrons. The summed E-state index contributed by atoms with van der Waals surface area (Å²) in [5, 5.41) is 0. The monoisotopic (exact) mass is 175 g/mol. The van der Waals surface area contributed by atoms with Gasteiger partial charge in [0.15, 0.2) is 0 Å². The number of hydrogen-bond acceptors (Lipinski definition) is 1. The third-order valence-electron chi connectivity index (χ3n) is 1.64. The zero-order valence-electron chi connectivity index (χ0n) is 7.92. The lowest BCUT2D eigenvalue weighted by Gasteiger charge is -2.00. The highest BCUT2D eigenvalue weighted by Crippen LogP contribution is 2.09. The molecule has 0 fully saturated rings. The van der Waals surface area contributed by atoms with Crippen LogP contribution in [0.5, 0.6) is 0 Å². The second-order valence-corrected chi connectivity index (χ2v) is 3.12. The maximum Gasteiger partial charge on any atom is 0.248 e. The highest BCUT2D eigenvalue weighted by Gasteiger charge is 1.95. The molecule has 0 amide bonds. The molecule has 1 aromatic heterocycles. The number of aromatic nitrogens is 1. The van der Waals surface area contributed by atoms with Crippen molar-refractivity contribution in [1.29, 1.82) is 0 Å². The van der Waals surface area contributed by atoms with Gasteiger partial charge in [0.05, 0.1) is 0 Å². The first-order valence-corrected chi connectivity index (χ1v) is 4.14. The molecule has 0 saturated heterocycles. The molecule has 0 aromatic carbocycles. The van der Waals surface area contributed by atoms with Crippen molar-refractivity contribution in [2.24, 2.45) is 0 Å². The van der Waals surface area contributed by atoms with Crippen LogP contribution in [0.15, 0.2) is 29.1 Å². The smallest absolute Gasteiger partial charge is 0.248 e. The molecule has 13 heavy (non-hydrogen) atoms. The Bertz CT molecular complexity index is 395. The Balaban J connectivity index is 3.32. The summed E-state index contributed by atoms with van der Waals surface area (Å²) in [7, 11) is 0. The van der Waals surface area contributed by atoms with E-state index in [0.29, 0.717) is 0 Å². The van der Waals surface area contributed by atoms with E-state index in [9.17, 15) is 4.79 Å². The van der Waals surface area contributed by atoms with Crippen LogP contribution in [0.2, 0.25) is 0 Å². The van der Waals surface area contributed by atoms with E-state index < -0.39 is 0 Å². The lowest BCUT2D eigenvalue weighted by atomic mass is 10.1. The summed E-state index contributed by atoms with van der Waals surface area (Å²) in [6, 6.07) is 3.26. The van der Waals surface area contributed by atoms with Gasteiger partial charge < -0.3 is 4.98 Å². The average molecular weight is 175 g/mol. The van der Waals surface area contributed by atoms with E-state index in [1.165, 1.54) is 6.07 Å². The first kappa shape index (κ1) is 9.52. The maximum absolute atomic E-state index is 11.0. The van der Waals surface area contributed by atoms with Crippen molar-refractivity contribution in [2.45, 2.75) is 13.8 Å². The Morgan fingerprint density at radius 1 is 1.46 bits per heavy atom. The fourth-order valence-electron chi connectivity index (χ4n) is 1.09. The first-order valence-electron chi connectivity index (χ1n) is 4.14. The highest BCUT2D eigenvalue weighted by atomic mass is 16.1. The number of allylic oxidation sites excluding steroid dienone is 1. The van der Waals surface area contributed by atoms with Gasteiger partial charge in [-0.25, -0.2) is 0 Å². The molecule has 1 heterocycles. The topological polar surface area (TPSA) is 32.9 Å². The van der Waals surface area contributed by atoms with Crippen LogP contribution in [0.4, 0.5) is 0 Å². The zero-order chi connectivity index (χ0) is 9.84. The summed E-state index contributed by atoms with van der Waals surface area (Å²) in [5.41, 5.74) is 2.83. The number of rotatable bonds is 2. The Hall–Kier alpha value is -1.57. The average Bonchev–Trinajstić information content (AvgIpc) is 2.03. The van der Waals surface area contributed by atoms with E-state index in [1.807, 2.05) is 19.9 Å². The molecule has 0 aliphatic rings. The van der Waals surface area contributed by atoms with E-state index in [1.54, 1.807) is 12.1 Å². The minimum Gasteiger partial charge on any atom is -0.322 e. The number of aromatic amines is 1. The number of pyridine rings is 1.